The van der Waals surface area contributed by atoms with Gasteiger partial charge in [-0.3, -0.25) is 4.99 Å². The van der Waals surface area contributed by atoms with Crippen LogP contribution in [-0.2, 0) is 6.54 Å². The van der Waals surface area contributed by atoms with E-state index in [0.717, 1.165) is 25.0 Å². The molecule has 1 aliphatic rings. The molecule has 0 aliphatic heterocycles. The summed E-state index contributed by atoms with van der Waals surface area (Å²) in [4.78, 5) is 7.00. The molecule has 0 amide bonds. The summed E-state index contributed by atoms with van der Waals surface area (Å²) in [5, 5.41) is 6.84. The number of rotatable bonds is 5. The van der Waals surface area contributed by atoms with Crippen LogP contribution in [0.25, 0.3) is 0 Å². The molecule has 3 rings (SSSR count). The fraction of sp³-hybridized carbons (Fsp3) is 0.389. The van der Waals surface area contributed by atoms with E-state index < -0.39 is 0 Å². The van der Waals surface area contributed by atoms with E-state index in [1.165, 1.54) is 21.7 Å². The molecule has 116 valence electrons. The molecule has 0 spiro atoms. The average molecular weight is 313 g/mol. The normalized spacial score (nSPS) is 20.7. The van der Waals surface area contributed by atoms with Crippen molar-refractivity contribution in [2.24, 2.45) is 10.9 Å². The summed E-state index contributed by atoms with van der Waals surface area (Å²) in [5.41, 5.74) is 1.46. The summed E-state index contributed by atoms with van der Waals surface area (Å²) >= 11 is 1.83. The van der Waals surface area contributed by atoms with Crippen molar-refractivity contribution in [2.45, 2.75) is 25.8 Å². The molecule has 22 heavy (non-hydrogen) atoms. The maximum absolute atomic E-state index is 4.31. The van der Waals surface area contributed by atoms with Crippen LogP contribution in [0.1, 0.15) is 27.7 Å². The number of aryl methyl sites for hydroxylation is 1. The zero-order valence-electron chi connectivity index (χ0n) is 13.2. The Balaban J connectivity index is 1.43. The first-order chi connectivity index (χ1) is 10.8. The summed E-state index contributed by atoms with van der Waals surface area (Å²) in [6.45, 7) is 3.96. The minimum atomic E-state index is 0.715. The van der Waals surface area contributed by atoms with Crippen molar-refractivity contribution >= 4 is 17.3 Å². The fourth-order valence-electron chi connectivity index (χ4n) is 2.78. The topological polar surface area (TPSA) is 36.4 Å². The molecular formula is C18H23N3S. The first kappa shape index (κ1) is 15.1. The quantitative estimate of drug-likeness (QED) is 0.654. The van der Waals surface area contributed by atoms with Gasteiger partial charge in [0.2, 0.25) is 0 Å². The second-order valence-electron chi connectivity index (χ2n) is 5.83. The van der Waals surface area contributed by atoms with Gasteiger partial charge in [-0.15, -0.1) is 11.3 Å². The lowest BCUT2D eigenvalue weighted by atomic mass is 10.1. The number of hydrogen-bond acceptors (Lipinski definition) is 2. The molecule has 0 radical (unpaired) electrons. The van der Waals surface area contributed by atoms with Crippen molar-refractivity contribution < 1.29 is 0 Å². The number of benzene rings is 1. The van der Waals surface area contributed by atoms with Gasteiger partial charge in [-0.1, -0.05) is 30.3 Å². The van der Waals surface area contributed by atoms with Gasteiger partial charge in [0.1, 0.15) is 0 Å². The number of nitrogens with one attached hydrogen (secondary N) is 2. The molecular weight excluding hydrogens is 290 g/mol. The Labute approximate surface area is 136 Å². The van der Waals surface area contributed by atoms with Gasteiger partial charge in [0, 0.05) is 23.3 Å². The zero-order chi connectivity index (χ0) is 15.4. The third-order valence-electron chi connectivity index (χ3n) is 4.13. The van der Waals surface area contributed by atoms with Crippen molar-refractivity contribution in [3.63, 3.8) is 0 Å². The highest BCUT2D eigenvalue weighted by atomic mass is 32.1. The van der Waals surface area contributed by atoms with Gasteiger partial charge in [0.05, 0.1) is 6.54 Å². The standard InChI is InChI=1S/C18H23N3S/c1-13-8-9-16(22-13)12-21-18(19-2)20-11-15-10-17(15)14-6-4-3-5-7-14/h3-9,15,17H,10-12H2,1-2H3,(H2,19,20,21). The number of guanidine groups is 1. The summed E-state index contributed by atoms with van der Waals surface area (Å²) < 4.78 is 0. The van der Waals surface area contributed by atoms with Crippen LogP contribution in [0, 0.1) is 12.8 Å². The van der Waals surface area contributed by atoms with E-state index >= 15 is 0 Å². The average Bonchev–Trinajstić information content (AvgIpc) is 3.21. The molecule has 2 unspecified atom stereocenters. The SMILES string of the molecule is CN=C(NCc1ccc(C)s1)NCC1CC1c1ccccc1. The highest BCUT2D eigenvalue weighted by Gasteiger charge is 2.37. The van der Waals surface area contributed by atoms with Gasteiger partial charge in [-0.2, -0.15) is 0 Å². The molecule has 2 atom stereocenters. The Morgan fingerprint density at radius 3 is 2.68 bits per heavy atom. The van der Waals surface area contributed by atoms with Gasteiger partial charge >= 0.3 is 0 Å². The minimum absolute atomic E-state index is 0.715. The summed E-state index contributed by atoms with van der Waals surface area (Å²) in [6, 6.07) is 15.1. The Morgan fingerprint density at radius 2 is 2.00 bits per heavy atom. The van der Waals surface area contributed by atoms with Crippen LogP contribution in [0.2, 0.25) is 0 Å². The van der Waals surface area contributed by atoms with Crippen LogP contribution in [0.5, 0.6) is 0 Å². The van der Waals surface area contributed by atoms with E-state index in [2.05, 4.69) is 65.0 Å². The third kappa shape index (κ3) is 3.89. The van der Waals surface area contributed by atoms with Crippen LogP contribution in [0.4, 0.5) is 0 Å². The van der Waals surface area contributed by atoms with Gasteiger partial charge in [-0.05, 0) is 42.9 Å². The Kier molecular flexibility index (Phi) is 4.78. The predicted octanol–water partition coefficient (Wildman–Crippen LogP) is 3.53. The monoisotopic (exact) mass is 313 g/mol. The van der Waals surface area contributed by atoms with Crippen LogP contribution < -0.4 is 10.6 Å². The largest absolute Gasteiger partial charge is 0.356 e. The summed E-state index contributed by atoms with van der Waals surface area (Å²) in [6.07, 6.45) is 1.28. The van der Waals surface area contributed by atoms with Gasteiger partial charge < -0.3 is 10.6 Å². The Hall–Kier alpha value is -1.81. The van der Waals surface area contributed by atoms with E-state index in [9.17, 15) is 0 Å². The fourth-order valence-corrected chi connectivity index (χ4v) is 3.61. The van der Waals surface area contributed by atoms with E-state index in [1.807, 2.05) is 18.4 Å². The first-order valence-corrected chi connectivity index (χ1v) is 8.62. The number of nitrogens with zero attached hydrogens (tertiary/aromatic N) is 1. The van der Waals surface area contributed by atoms with Crippen LogP contribution in [-0.4, -0.2) is 19.6 Å². The molecule has 0 bridgehead atoms. The second kappa shape index (κ2) is 6.97. The molecule has 0 saturated heterocycles. The predicted molar refractivity (Wildman–Crippen MR) is 94.5 cm³/mol. The minimum Gasteiger partial charge on any atom is -0.356 e. The molecule has 1 fully saturated rings. The van der Waals surface area contributed by atoms with Crippen LogP contribution in [0.15, 0.2) is 47.5 Å². The van der Waals surface area contributed by atoms with E-state index in [0.29, 0.717) is 5.92 Å². The van der Waals surface area contributed by atoms with Crippen molar-refractivity contribution in [3.8, 4) is 0 Å². The maximum Gasteiger partial charge on any atom is 0.191 e. The Morgan fingerprint density at radius 1 is 1.18 bits per heavy atom. The molecule has 2 aromatic rings. The number of hydrogen-bond donors (Lipinski definition) is 2. The number of aliphatic imine (C=N–C) groups is 1. The zero-order valence-corrected chi connectivity index (χ0v) is 14.0. The van der Waals surface area contributed by atoms with Gasteiger partial charge in [0.25, 0.3) is 0 Å². The molecule has 1 saturated carbocycles. The molecule has 1 aliphatic carbocycles. The number of thiophene rings is 1. The maximum atomic E-state index is 4.31. The van der Waals surface area contributed by atoms with Crippen molar-refractivity contribution in [3.05, 3.63) is 57.8 Å². The van der Waals surface area contributed by atoms with Crippen molar-refractivity contribution in [1.82, 2.24) is 10.6 Å². The van der Waals surface area contributed by atoms with Gasteiger partial charge in [0.15, 0.2) is 5.96 Å². The lowest BCUT2D eigenvalue weighted by molar-refractivity contribution is 0.720. The Bertz CT molecular complexity index is 633. The summed E-state index contributed by atoms with van der Waals surface area (Å²) in [5.74, 6) is 2.33. The molecule has 1 aromatic carbocycles. The highest BCUT2D eigenvalue weighted by molar-refractivity contribution is 7.11. The van der Waals surface area contributed by atoms with E-state index in [1.54, 1.807) is 0 Å². The van der Waals surface area contributed by atoms with E-state index in [4.69, 9.17) is 0 Å². The lowest BCUT2D eigenvalue weighted by Gasteiger charge is -2.11. The van der Waals surface area contributed by atoms with Crippen molar-refractivity contribution in [2.75, 3.05) is 13.6 Å². The third-order valence-corrected chi connectivity index (χ3v) is 5.13. The molecule has 2 N–H and O–H groups in total. The summed E-state index contributed by atoms with van der Waals surface area (Å²) in [7, 11) is 1.83. The highest BCUT2D eigenvalue weighted by Crippen LogP contribution is 2.46. The molecule has 4 heteroatoms. The molecule has 1 heterocycles. The van der Waals surface area contributed by atoms with Gasteiger partial charge in [-0.25, -0.2) is 0 Å². The molecule has 1 aromatic heterocycles. The molecule has 3 nitrogen and oxygen atoms in total. The lowest BCUT2D eigenvalue weighted by Crippen LogP contribution is -2.37. The smallest absolute Gasteiger partial charge is 0.191 e. The second-order valence-corrected chi connectivity index (χ2v) is 7.20. The van der Waals surface area contributed by atoms with Crippen molar-refractivity contribution in [1.29, 1.82) is 0 Å². The first-order valence-electron chi connectivity index (χ1n) is 7.81. The van der Waals surface area contributed by atoms with E-state index in [-0.39, 0.29) is 0 Å². The van der Waals surface area contributed by atoms with Crippen LogP contribution in [0.3, 0.4) is 0 Å². The van der Waals surface area contributed by atoms with Crippen LogP contribution >= 0.6 is 11.3 Å².